The van der Waals surface area contributed by atoms with Gasteiger partial charge in [0.2, 0.25) is 0 Å². The van der Waals surface area contributed by atoms with Crippen LogP contribution in [0.2, 0.25) is 10.0 Å². The molecule has 0 bridgehead atoms. The fourth-order valence-electron chi connectivity index (χ4n) is 3.13. The molecule has 0 aliphatic heterocycles. The molecule has 1 aliphatic rings. The minimum atomic E-state index is -0.0959. The van der Waals surface area contributed by atoms with Gasteiger partial charge < -0.3 is 5.32 Å². The van der Waals surface area contributed by atoms with E-state index in [1.165, 1.54) is 17.7 Å². The number of thiophene rings is 1. The second kappa shape index (κ2) is 6.61. The van der Waals surface area contributed by atoms with Crippen LogP contribution in [0.5, 0.6) is 0 Å². The van der Waals surface area contributed by atoms with Crippen molar-refractivity contribution in [1.29, 1.82) is 0 Å². The predicted octanol–water partition coefficient (Wildman–Crippen LogP) is 5.30. The Morgan fingerprint density at radius 2 is 1.95 bits per heavy atom. The summed E-state index contributed by atoms with van der Waals surface area (Å²) in [7, 11) is 0. The highest BCUT2D eigenvalue weighted by Crippen LogP contribution is 2.42. The Balaban J connectivity index is 1.72. The van der Waals surface area contributed by atoms with E-state index in [1.54, 1.807) is 29.5 Å². The largest absolute Gasteiger partial charge is 0.351 e. The van der Waals surface area contributed by atoms with E-state index < -0.39 is 0 Å². The number of hydrogen-bond acceptors (Lipinski definition) is 2. The zero-order valence-corrected chi connectivity index (χ0v) is 14.4. The molecular weight excluding hydrogens is 337 g/mol. The lowest BCUT2D eigenvalue weighted by Crippen LogP contribution is -2.38. The third-order valence-corrected chi connectivity index (χ3v) is 6.23. The van der Waals surface area contributed by atoms with Crippen LogP contribution in [-0.2, 0) is 5.41 Å². The number of carbonyl (C=O) groups is 1. The molecule has 22 heavy (non-hydrogen) atoms. The molecule has 0 saturated heterocycles. The summed E-state index contributed by atoms with van der Waals surface area (Å²) in [5.41, 5.74) is 0.647. The van der Waals surface area contributed by atoms with E-state index in [0.717, 1.165) is 12.8 Å². The van der Waals surface area contributed by atoms with Crippen molar-refractivity contribution in [1.82, 2.24) is 5.32 Å². The number of amides is 1. The number of benzene rings is 1. The summed E-state index contributed by atoms with van der Waals surface area (Å²) in [6.45, 7) is 0.673. The maximum absolute atomic E-state index is 12.4. The average Bonchev–Trinajstić information content (AvgIpc) is 3.19. The van der Waals surface area contributed by atoms with Crippen molar-refractivity contribution in [3.8, 4) is 0 Å². The van der Waals surface area contributed by atoms with Crippen LogP contribution in [0.1, 0.15) is 40.9 Å². The lowest BCUT2D eigenvalue weighted by molar-refractivity contribution is 0.0943. The van der Waals surface area contributed by atoms with E-state index in [9.17, 15) is 4.79 Å². The lowest BCUT2D eigenvalue weighted by atomic mass is 9.84. The van der Waals surface area contributed by atoms with E-state index in [4.69, 9.17) is 23.2 Å². The zero-order chi connectivity index (χ0) is 15.6. The number of hydrogen-bond donors (Lipinski definition) is 1. The topological polar surface area (TPSA) is 29.1 Å². The molecule has 1 amide bonds. The highest BCUT2D eigenvalue weighted by atomic mass is 35.5. The average molecular weight is 354 g/mol. The van der Waals surface area contributed by atoms with Crippen molar-refractivity contribution >= 4 is 40.4 Å². The number of halogens is 2. The Bertz CT molecular complexity index is 663. The van der Waals surface area contributed by atoms with Gasteiger partial charge in [0.1, 0.15) is 0 Å². The molecule has 1 aliphatic carbocycles. The minimum absolute atomic E-state index is 0.0959. The molecule has 1 heterocycles. The van der Waals surface area contributed by atoms with Crippen LogP contribution in [0, 0.1) is 0 Å². The molecule has 116 valence electrons. The van der Waals surface area contributed by atoms with E-state index in [2.05, 4.69) is 22.8 Å². The quantitative estimate of drug-likeness (QED) is 0.793. The van der Waals surface area contributed by atoms with Gasteiger partial charge in [0.15, 0.2) is 0 Å². The second-order valence-corrected chi connectivity index (χ2v) is 7.54. The maximum Gasteiger partial charge on any atom is 0.251 e. The van der Waals surface area contributed by atoms with Crippen molar-refractivity contribution in [2.45, 2.75) is 31.1 Å². The fourth-order valence-corrected chi connectivity index (χ4v) is 4.42. The first-order chi connectivity index (χ1) is 10.6. The summed E-state index contributed by atoms with van der Waals surface area (Å²) < 4.78 is 0. The highest BCUT2D eigenvalue weighted by molar-refractivity contribution is 7.10. The van der Waals surface area contributed by atoms with Gasteiger partial charge in [0, 0.05) is 22.4 Å². The van der Waals surface area contributed by atoms with Crippen LogP contribution >= 0.6 is 34.5 Å². The second-order valence-electron chi connectivity index (χ2n) is 5.78. The molecule has 5 heteroatoms. The van der Waals surface area contributed by atoms with Crippen molar-refractivity contribution < 1.29 is 4.79 Å². The molecule has 1 aromatic carbocycles. The predicted molar refractivity (Wildman–Crippen MR) is 93.3 cm³/mol. The summed E-state index contributed by atoms with van der Waals surface area (Å²) in [5.74, 6) is -0.0959. The molecule has 0 radical (unpaired) electrons. The van der Waals surface area contributed by atoms with Crippen LogP contribution in [-0.4, -0.2) is 12.5 Å². The van der Waals surface area contributed by atoms with Crippen LogP contribution < -0.4 is 5.32 Å². The highest BCUT2D eigenvalue weighted by Gasteiger charge is 2.36. The van der Waals surface area contributed by atoms with Gasteiger partial charge >= 0.3 is 0 Å². The summed E-state index contributed by atoms with van der Waals surface area (Å²) in [6.07, 6.45) is 4.71. The molecule has 1 fully saturated rings. The van der Waals surface area contributed by atoms with Crippen molar-refractivity contribution in [2.24, 2.45) is 0 Å². The van der Waals surface area contributed by atoms with Crippen molar-refractivity contribution in [2.75, 3.05) is 6.54 Å². The Hall–Kier alpha value is -1.03. The van der Waals surface area contributed by atoms with Crippen molar-refractivity contribution in [3.63, 3.8) is 0 Å². The first kappa shape index (κ1) is 15.9. The van der Waals surface area contributed by atoms with Gasteiger partial charge in [-0.05, 0) is 42.5 Å². The summed E-state index contributed by atoms with van der Waals surface area (Å²) >= 11 is 13.7. The van der Waals surface area contributed by atoms with Gasteiger partial charge in [-0.2, -0.15) is 0 Å². The Morgan fingerprint density at radius 3 is 2.59 bits per heavy atom. The van der Waals surface area contributed by atoms with Crippen LogP contribution in [0.4, 0.5) is 0 Å². The molecular formula is C17H17Cl2NOS. The molecule has 0 spiro atoms. The monoisotopic (exact) mass is 353 g/mol. The number of carbonyl (C=O) groups excluding carboxylic acids is 1. The van der Waals surface area contributed by atoms with Gasteiger partial charge in [0.25, 0.3) is 5.91 Å². The van der Waals surface area contributed by atoms with Crippen LogP contribution in [0.3, 0.4) is 0 Å². The van der Waals surface area contributed by atoms with E-state index in [-0.39, 0.29) is 11.3 Å². The summed E-state index contributed by atoms with van der Waals surface area (Å²) in [4.78, 5) is 13.7. The van der Waals surface area contributed by atoms with E-state index in [0.29, 0.717) is 22.2 Å². The summed E-state index contributed by atoms with van der Waals surface area (Å²) in [6, 6.07) is 9.24. The SMILES string of the molecule is O=C(NCC1(c2cccs2)CCCC1)c1ccc(Cl)c(Cl)c1. The fraction of sp³-hybridized carbons (Fsp3) is 0.353. The molecule has 1 aromatic heterocycles. The first-order valence-electron chi connectivity index (χ1n) is 7.38. The third-order valence-electron chi connectivity index (χ3n) is 4.37. The molecule has 1 N–H and O–H groups in total. The molecule has 1 saturated carbocycles. The summed E-state index contributed by atoms with van der Waals surface area (Å²) in [5, 5.41) is 6.06. The van der Waals surface area contributed by atoms with Gasteiger partial charge in [-0.15, -0.1) is 11.3 Å². The number of rotatable bonds is 4. The normalized spacial score (nSPS) is 16.6. The van der Waals surface area contributed by atoms with Gasteiger partial charge in [0.05, 0.1) is 10.0 Å². The minimum Gasteiger partial charge on any atom is -0.351 e. The Labute approximate surface area is 144 Å². The third kappa shape index (κ3) is 3.17. The maximum atomic E-state index is 12.4. The van der Waals surface area contributed by atoms with E-state index in [1.807, 2.05) is 0 Å². The molecule has 2 nitrogen and oxygen atoms in total. The van der Waals surface area contributed by atoms with Gasteiger partial charge in [-0.1, -0.05) is 42.1 Å². The van der Waals surface area contributed by atoms with Crippen LogP contribution in [0.15, 0.2) is 35.7 Å². The zero-order valence-electron chi connectivity index (χ0n) is 12.1. The van der Waals surface area contributed by atoms with Crippen LogP contribution in [0.25, 0.3) is 0 Å². The molecule has 2 aromatic rings. The standard InChI is InChI=1S/C17H17Cl2NOS/c18-13-6-5-12(10-14(13)19)16(21)20-11-17(7-1-2-8-17)15-4-3-9-22-15/h3-6,9-10H,1-2,7-8,11H2,(H,20,21). The van der Waals surface area contributed by atoms with Gasteiger partial charge in [-0.25, -0.2) is 0 Å². The molecule has 0 unspecified atom stereocenters. The molecule has 0 atom stereocenters. The smallest absolute Gasteiger partial charge is 0.251 e. The van der Waals surface area contributed by atoms with Crippen molar-refractivity contribution in [3.05, 3.63) is 56.2 Å². The molecule has 3 rings (SSSR count). The van der Waals surface area contributed by atoms with E-state index >= 15 is 0 Å². The lowest BCUT2D eigenvalue weighted by Gasteiger charge is -2.28. The van der Waals surface area contributed by atoms with Gasteiger partial charge in [-0.3, -0.25) is 4.79 Å². The number of nitrogens with one attached hydrogen (secondary N) is 1. The Morgan fingerprint density at radius 1 is 1.18 bits per heavy atom. The Kier molecular flexibility index (Phi) is 4.76. The first-order valence-corrected chi connectivity index (χ1v) is 9.02.